The number of hydrogen-bond acceptors (Lipinski definition) is 5. The van der Waals surface area contributed by atoms with Crippen molar-refractivity contribution in [2.75, 3.05) is 6.54 Å². The van der Waals surface area contributed by atoms with E-state index >= 15 is 0 Å². The first-order valence-corrected chi connectivity index (χ1v) is 9.73. The van der Waals surface area contributed by atoms with Crippen LogP contribution in [0.4, 0.5) is 0 Å². The third-order valence-corrected chi connectivity index (χ3v) is 5.14. The summed E-state index contributed by atoms with van der Waals surface area (Å²) in [4.78, 5) is 24.0. The lowest BCUT2D eigenvalue weighted by Crippen LogP contribution is -2.41. The molecule has 0 bridgehead atoms. The van der Waals surface area contributed by atoms with Crippen molar-refractivity contribution >= 4 is 5.91 Å². The van der Waals surface area contributed by atoms with Gasteiger partial charge in [-0.25, -0.2) is 19.3 Å². The standard InChI is InChI=1S/C20H25N7O/c1-14(2)8-9-18-23-19-15(3)25(10-11-26(19)24-18)20(28)16-6-4-5-7-17(16)27-13-21-12-22-27/h4-7,12-15H,8-11H2,1-3H3/t15-/m1/s1. The minimum absolute atomic E-state index is 0.0309. The fourth-order valence-electron chi connectivity index (χ4n) is 3.55. The van der Waals surface area contributed by atoms with Crippen LogP contribution in [-0.4, -0.2) is 46.9 Å². The molecule has 1 atom stereocenters. The number of benzene rings is 1. The molecule has 0 N–H and O–H groups in total. The van der Waals surface area contributed by atoms with Crippen LogP contribution in [0.2, 0.25) is 0 Å². The molecule has 0 saturated heterocycles. The third kappa shape index (κ3) is 3.42. The fraction of sp³-hybridized carbons (Fsp3) is 0.450. The molecule has 2 aromatic heterocycles. The topological polar surface area (TPSA) is 81.7 Å². The van der Waals surface area contributed by atoms with E-state index in [1.807, 2.05) is 40.8 Å². The van der Waals surface area contributed by atoms with Crippen LogP contribution in [0.25, 0.3) is 5.69 Å². The van der Waals surface area contributed by atoms with Crippen molar-refractivity contribution in [3.63, 3.8) is 0 Å². The maximum Gasteiger partial charge on any atom is 0.256 e. The number of aryl methyl sites for hydroxylation is 1. The van der Waals surface area contributed by atoms with Crippen LogP contribution in [-0.2, 0) is 13.0 Å². The van der Waals surface area contributed by atoms with E-state index in [2.05, 4.69) is 29.0 Å². The summed E-state index contributed by atoms with van der Waals surface area (Å²) in [6, 6.07) is 7.34. The van der Waals surface area contributed by atoms with Crippen LogP contribution in [0.5, 0.6) is 0 Å². The van der Waals surface area contributed by atoms with Crippen molar-refractivity contribution in [2.24, 2.45) is 5.92 Å². The average Bonchev–Trinajstić information content (AvgIpc) is 3.36. The monoisotopic (exact) mass is 379 g/mol. The van der Waals surface area contributed by atoms with Crippen molar-refractivity contribution < 1.29 is 4.79 Å². The molecule has 1 aliphatic heterocycles. The Bertz CT molecular complexity index is 961. The van der Waals surface area contributed by atoms with E-state index in [9.17, 15) is 4.79 Å². The van der Waals surface area contributed by atoms with Crippen LogP contribution >= 0.6 is 0 Å². The highest BCUT2D eigenvalue weighted by molar-refractivity contribution is 5.98. The molecule has 4 rings (SSSR count). The molecular weight excluding hydrogens is 354 g/mol. The van der Waals surface area contributed by atoms with E-state index in [4.69, 9.17) is 4.98 Å². The molecule has 1 aromatic carbocycles. The van der Waals surface area contributed by atoms with Gasteiger partial charge in [0, 0.05) is 13.0 Å². The quantitative estimate of drug-likeness (QED) is 0.681. The number of carbonyl (C=O) groups excluding carboxylic acids is 1. The molecule has 1 amide bonds. The molecule has 1 aliphatic rings. The van der Waals surface area contributed by atoms with Crippen molar-refractivity contribution in [3.05, 3.63) is 54.1 Å². The van der Waals surface area contributed by atoms with Gasteiger partial charge in [0.2, 0.25) is 0 Å². The van der Waals surface area contributed by atoms with Crippen molar-refractivity contribution in [3.8, 4) is 5.69 Å². The maximum absolute atomic E-state index is 13.4. The first-order valence-electron chi connectivity index (χ1n) is 9.73. The number of para-hydroxylation sites is 1. The zero-order chi connectivity index (χ0) is 19.7. The van der Waals surface area contributed by atoms with E-state index in [-0.39, 0.29) is 11.9 Å². The molecule has 3 heterocycles. The van der Waals surface area contributed by atoms with Gasteiger partial charge in [0.05, 0.1) is 23.8 Å². The third-order valence-electron chi connectivity index (χ3n) is 5.14. The van der Waals surface area contributed by atoms with E-state index in [1.165, 1.54) is 6.33 Å². The summed E-state index contributed by atoms with van der Waals surface area (Å²) in [6.07, 6.45) is 4.99. The van der Waals surface area contributed by atoms with Gasteiger partial charge in [-0.05, 0) is 31.4 Å². The number of hydrogen-bond donors (Lipinski definition) is 0. The lowest BCUT2D eigenvalue weighted by Gasteiger charge is -2.33. The minimum Gasteiger partial charge on any atom is -0.327 e. The van der Waals surface area contributed by atoms with Gasteiger partial charge in [0.15, 0.2) is 5.82 Å². The van der Waals surface area contributed by atoms with Gasteiger partial charge >= 0.3 is 0 Å². The summed E-state index contributed by atoms with van der Waals surface area (Å²) in [7, 11) is 0. The van der Waals surface area contributed by atoms with E-state index in [0.29, 0.717) is 24.6 Å². The van der Waals surface area contributed by atoms with Crippen molar-refractivity contribution in [1.82, 2.24) is 34.4 Å². The number of aromatic nitrogens is 6. The summed E-state index contributed by atoms with van der Waals surface area (Å²) >= 11 is 0. The highest BCUT2D eigenvalue weighted by atomic mass is 16.2. The van der Waals surface area contributed by atoms with Gasteiger partial charge in [0.25, 0.3) is 5.91 Å². The smallest absolute Gasteiger partial charge is 0.256 e. The Kier molecular flexibility index (Phi) is 4.93. The second kappa shape index (κ2) is 7.53. The van der Waals surface area contributed by atoms with Gasteiger partial charge in [-0.15, -0.1) is 0 Å². The second-order valence-electron chi connectivity index (χ2n) is 7.57. The van der Waals surface area contributed by atoms with Gasteiger partial charge in [-0.1, -0.05) is 26.0 Å². The lowest BCUT2D eigenvalue weighted by atomic mass is 10.1. The van der Waals surface area contributed by atoms with Gasteiger partial charge in [-0.3, -0.25) is 4.79 Å². The summed E-state index contributed by atoms with van der Waals surface area (Å²) in [5.41, 5.74) is 1.33. The molecule has 0 aliphatic carbocycles. The summed E-state index contributed by atoms with van der Waals surface area (Å²) < 4.78 is 3.57. The molecule has 0 fully saturated rings. The molecule has 8 heteroatoms. The van der Waals surface area contributed by atoms with Crippen LogP contribution in [0.15, 0.2) is 36.9 Å². The van der Waals surface area contributed by atoms with Crippen LogP contribution < -0.4 is 0 Å². The fourth-order valence-corrected chi connectivity index (χ4v) is 3.55. The molecule has 0 saturated carbocycles. The van der Waals surface area contributed by atoms with E-state index in [0.717, 1.165) is 30.2 Å². The highest BCUT2D eigenvalue weighted by Gasteiger charge is 2.32. The van der Waals surface area contributed by atoms with Crippen LogP contribution in [0.3, 0.4) is 0 Å². The van der Waals surface area contributed by atoms with Gasteiger partial charge in [0.1, 0.15) is 18.5 Å². The van der Waals surface area contributed by atoms with Crippen molar-refractivity contribution in [2.45, 2.75) is 46.2 Å². The Hall–Kier alpha value is -3.03. The number of fused-ring (bicyclic) bond motifs is 1. The zero-order valence-electron chi connectivity index (χ0n) is 16.5. The first-order chi connectivity index (χ1) is 13.5. The van der Waals surface area contributed by atoms with E-state index in [1.54, 1.807) is 11.0 Å². The highest BCUT2D eigenvalue weighted by Crippen LogP contribution is 2.27. The summed E-state index contributed by atoms with van der Waals surface area (Å²) in [6.45, 7) is 7.68. The SMILES string of the molecule is CC(C)CCc1nc2n(n1)CCN(C(=O)c1ccccc1-n1cncn1)[C@@H]2C. The Morgan fingerprint density at radius 3 is 2.82 bits per heavy atom. The minimum atomic E-state index is -0.134. The summed E-state index contributed by atoms with van der Waals surface area (Å²) in [5.74, 6) is 2.31. The largest absolute Gasteiger partial charge is 0.327 e. The molecule has 8 nitrogen and oxygen atoms in total. The molecule has 146 valence electrons. The van der Waals surface area contributed by atoms with Gasteiger partial charge < -0.3 is 4.90 Å². The maximum atomic E-state index is 13.4. The number of nitrogens with zero attached hydrogens (tertiary/aromatic N) is 7. The normalized spacial score (nSPS) is 16.4. The first kappa shape index (κ1) is 18.3. The zero-order valence-corrected chi connectivity index (χ0v) is 16.5. The van der Waals surface area contributed by atoms with Crippen LogP contribution in [0.1, 0.15) is 55.2 Å². The molecule has 0 radical (unpaired) electrons. The number of amides is 1. The molecule has 3 aromatic rings. The lowest BCUT2D eigenvalue weighted by molar-refractivity contribution is 0.0630. The van der Waals surface area contributed by atoms with E-state index < -0.39 is 0 Å². The second-order valence-corrected chi connectivity index (χ2v) is 7.57. The number of rotatable bonds is 5. The Balaban J connectivity index is 1.59. The number of carbonyl (C=O) groups is 1. The molecule has 0 unspecified atom stereocenters. The predicted octanol–water partition coefficient (Wildman–Crippen LogP) is 2.66. The average molecular weight is 379 g/mol. The Morgan fingerprint density at radius 2 is 2.07 bits per heavy atom. The molecular formula is C20H25N7O. The van der Waals surface area contributed by atoms with Gasteiger partial charge in [-0.2, -0.15) is 10.2 Å². The summed E-state index contributed by atoms with van der Waals surface area (Å²) in [5, 5.41) is 8.82. The Labute approximate surface area is 164 Å². The predicted molar refractivity (Wildman–Crippen MR) is 104 cm³/mol. The van der Waals surface area contributed by atoms with Crippen LogP contribution in [0, 0.1) is 5.92 Å². The molecule has 28 heavy (non-hydrogen) atoms. The Morgan fingerprint density at radius 1 is 1.25 bits per heavy atom. The van der Waals surface area contributed by atoms with Crippen molar-refractivity contribution in [1.29, 1.82) is 0 Å². The molecule has 0 spiro atoms.